The van der Waals surface area contributed by atoms with E-state index < -0.39 is 34.3 Å². The lowest BCUT2D eigenvalue weighted by Gasteiger charge is -2.30. The molecule has 1 N–H and O–H groups in total. The molecule has 0 saturated carbocycles. The molecule has 2 heterocycles. The predicted molar refractivity (Wildman–Crippen MR) is 108 cm³/mol. The maximum absolute atomic E-state index is 12.9. The summed E-state index contributed by atoms with van der Waals surface area (Å²) < 4.78 is 71.6. The van der Waals surface area contributed by atoms with Gasteiger partial charge in [0, 0.05) is 17.6 Å². The molecule has 0 spiro atoms. The van der Waals surface area contributed by atoms with E-state index in [0.717, 1.165) is 34.4 Å². The number of benzene rings is 2. The van der Waals surface area contributed by atoms with Gasteiger partial charge in [-0.15, -0.1) is 11.3 Å². The van der Waals surface area contributed by atoms with Crippen LogP contribution in [-0.2, 0) is 21.0 Å². The maximum Gasteiger partial charge on any atom is 0.416 e. The molecule has 162 valence electrons. The topological polar surface area (TPSA) is 88.6 Å². The summed E-state index contributed by atoms with van der Waals surface area (Å²) in [5.41, 5.74) is -0.802. The lowest BCUT2D eigenvalue weighted by Crippen LogP contribution is -2.35. The summed E-state index contributed by atoms with van der Waals surface area (Å²) in [4.78, 5) is 17.3. The summed E-state index contributed by atoms with van der Waals surface area (Å²) in [6, 6.07) is 6.37. The van der Waals surface area contributed by atoms with Gasteiger partial charge in [0.15, 0.2) is 11.7 Å². The zero-order valence-corrected chi connectivity index (χ0v) is 17.6. The third-order valence-corrected chi connectivity index (χ3v) is 6.71. The molecular formula is C18H11ClF3N3O4S2. The van der Waals surface area contributed by atoms with Crippen molar-refractivity contribution >= 4 is 55.4 Å². The Kier molecular flexibility index (Phi) is 5.31. The number of carbonyl (C=O) groups excluding carboxylic acids is 1. The van der Waals surface area contributed by atoms with E-state index in [1.165, 1.54) is 24.4 Å². The number of fused-ring (bicyclic) bond motifs is 1. The highest BCUT2D eigenvalue weighted by molar-refractivity contribution is 7.93. The first-order valence-corrected chi connectivity index (χ1v) is 11.2. The van der Waals surface area contributed by atoms with E-state index in [0.29, 0.717) is 0 Å². The van der Waals surface area contributed by atoms with Crippen LogP contribution in [0.4, 0.5) is 29.7 Å². The Morgan fingerprint density at radius 1 is 1.16 bits per heavy atom. The summed E-state index contributed by atoms with van der Waals surface area (Å²) in [5.74, 6) is -0.525. The van der Waals surface area contributed by atoms with Crippen molar-refractivity contribution in [2.45, 2.75) is 11.1 Å². The number of amides is 1. The van der Waals surface area contributed by atoms with Gasteiger partial charge in [0.05, 0.1) is 26.9 Å². The normalized spacial score (nSPS) is 14.2. The smallest absolute Gasteiger partial charge is 0.416 e. The van der Waals surface area contributed by atoms with Gasteiger partial charge < -0.3 is 4.74 Å². The summed E-state index contributed by atoms with van der Waals surface area (Å²) in [6.07, 6.45) is -3.15. The van der Waals surface area contributed by atoms with Crippen LogP contribution >= 0.6 is 22.9 Å². The number of rotatable bonds is 4. The van der Waals surface area contributed by atoms with Gasteiger partial charge in [-0.05, 0) is 30.3 Å². The second kappa shape index (κ2) is 7.70. The molecular weight excluding hydrogens is 479 g/mol. The third-order valence-electron chi connectivity index (χ3n) is 4.25. The molecule has 7 nitrogen and oxygen atoms in total. The predicted octanol–water partition coefficient (Wildman–Crippen LogP) is 4.67. The number of aromatic nitrogens is 1. The van der Waals surface area contributed by atoms with Crippen molar-refractivity contribution in [3.63, 3.8) is 0 Å². The first-order valence-electron chi connectivity index (χ1n) is 8.45. The van der Waals surface area contributed by atoms with Crippen LogP contribution in [0.3, 0.4) is 0 Å². The van der Waals surface area contributed by atoms with Crippen molar-refractivity contribution in [2.75, 3.05) is 16.2 Å². The highest BCUT2D eigenvalue weighted by Crippen LogP contribution is 2.43. The van der Waals surface area contributed by atoms with Crippen molar-refractivity contribution in [3.05, 3.63) is 58.6 Å². The van der Waals surface area contributed by atoms with Gasteiger partial charge in [0.2, 0.25) is 0 Å². The van der Waals surface area contributed by atoms with Crippen LogP contribution in [0, 0.1) is 0 Å². The van der Waals surface area contributed by atoms with Crippen LogP contribution in [0.5, 0.6) is 5.75 Å². The minimum Gasteiger partial charge on any atom is -0.481 e. The number of nitrogens with one attached hydrogen (secondary N) is 1. The molecule has 0 saturated heterocycles. The molecule has 1 aliphatic rings. The van der Waals surface area contributed by atoms with Gasteiger partial charge in [-0.1, -0.05) is 11.6 Å². The van der Waals surface area contributed by atoms with E-state index in [9.17, 15) is 26.4 Å². The van der Waals surface area contributed by atoms with Crippen LogP contribution in [0.15, 0.2) is 52.9 Å². The number of ether oxygens (including phenoxy) is 1. The van der Waals surface area contributed by atoms with Crippen molar-refractivity contribution in [1.29, 1.82) is 0 Å². The van der Waals surface area contributed by atoms with Gasteiger partial charge in [-0.3, -0.25) is 14.4 Å². The number of hydrogen-bond acceptors (Lipinski definition) is 6. The molecule has 0 unspecified atom stereocenters. The molecule has 13 heteroatoms. The van der Waals surface area contributed by atoms with Gasteiger partial charge in [-0.25, -0.2) is 13.4 Å². The zero-order valence-electron chi connectivity index (χ0n) is 15.2. The standard InChI is InChI=1S/C18H11ClF3N3O4S2/c19-12-7-10(18(20,21)22)1-3-13(12)25-14-4-2-11(8-15(14)29-9-16(25)26)31(27,28)24-17-23-5-6-30-17/h1-8H,9H2,(H,23,24). The Morgan fingerprint density at radius 3 is 2.55 bits per heavy atom. The van der Waals surface area contributed by atoms with Gasteiger partial charge in [0.1, 0.15) is 5.75 Å². The lowest BCUT2D eigenvalue weighted by atomic mass is 10.1. The average Bonchev–Trinajstić information content (AvgIpc) is 3.19. The zero-order chi connectivity index (χ0) is 22.4. The third kappa shape index (κ3) is 4.18. The highest BCUT2D eigenvalue weighted by atomic mass is 35.5. The molecule has 3 aromatic rings. The molecule has 0 atom stereocenters. The lowest BCUT2D eigenvalue weighted by molar-refractivity contribution is -0.137. The number of thiazole rings is 1. The van der Waals surface area contributed by atoms with Gasteiger partial charge in [-0.2, -0.15) is 13.2 Å². The van der Waals surface area contributed by atoms with Crippen LogP contribution in [0.1, 0.15) is 5.56 Å². The van der Waals surface area contributed by atoms with E-state index in [-0.39, 0.29) is 32.2 Å². The summed E-state index contributed by atoms with van der Waals surface area (Å²) in [5, 5.41) is 1.48. The van der Waals surface area contributed by atoms with E-state index in [1.54, 1.807) is 5.38 Å². The Balaban J connectivity index is 1.72. The Hall–Kier alpha value is -2.83. The number of anilines is 3. The van der Waals surface area contributed by atoms with E-state index in [1.807, 2.05) is 0 Å². The van der Waals surface area contributed by atoms with Crippen LogP contribution in [0.25, 0.3) is 0 Å². The molecule has 1 amide bonds. The molecule has 0 radical (unpaired) electrons. The highest BCUT2D eigenvalue weighted by Gasteiger charge is 2.34. The Morgan fingerprint density at radius 2 is 1.90 bits per heavy atom. The van der Waals surface area contributed by atoms with Crippen LogP contribution in [0.2, 0.25) is 5.02 Å². The molecule has 0 bridgehead atoms. The Bertz CT molecular complexity index is 1260. The molecule has 4 rings (SSSR count). The number of alkyl halides is 3. The maximum atomic E-state index is 12.9. The summed E-state index contributed by atoms with van der Waals surface area (Å²) in [6.45, 7) is -0.451. The number of sulfonamides is 1. The van der Waals surface area contributed by atoms with Crippen molar-refractivity contribution in [3.8, 4) is 5.75 Å². The summed E-state index contributed by atoms with van der Waals surface area (Å²) in [7, 11) is -3.98. The van der Waals surface area contributed by atoms with Crippen molar-refractivity contribution < 1.29 is 31.1 Å². The fraction of sp³-hybridized carbons (Fsp3) is 0.111. The number of carbonyl (C=O) groups is 1. The van der Waals surface area contributed by atoms with E-state index >= 15 is 0 Å². The molecule has 0 aliphatic carbocycles. The molecule has 1 aromatic heterocycles. The van der Waals surface area contributed by atoms with E-state index in [4.69, 9.17) is 16.3 Å². The average molecular weight is 490 g/mol. The Labute approximate surface area is 183 Å². The number of hydrogen-bond donors (Lipinski definition) is 1. The minimum atomic E-state index is -4.59. The van der Waals surface area contributed by atoms with Crippen molar-refractivity contribution in [2.24, 2.45) is 0 Å². The van der Waals surface area contributed by atoms with Gasteiger partial charge >= 0.3 is 6.18 Å². The fourth-order valence-electron chi connectivity index (χ4n) is 2.88. The molecule has 0 fully saturated rings. The first kappa shape index (κ1) is 21.4. The second-order valence-electron chi connectivity index (χ2n) is 6.25. The quantitative estimate of drug-likeness (QED) is 0.575. The molecule has 31 heavy (non-hydrogen) atoms. The fourth-order valence-corrected chi connectivity index (χ4v) is 4.95. The van der Waals surface area contributed by atoms with Crippen LogP contribution in [-0.4, -0.2) is 25.9 Å². The first-order chi connectivity index (χ1) is 14.6. The second-order valence-corrected chi connectivity index (χ2v) is 9.24. The van der Waals surface area contributed by atoms with Gasteiger partial charge in [0.25, 0.3) is 15.9 Å². The molecule has 1 aliphatic heterocycles. The van der Waals surface area contributed by atoms with Crippen molar-refractivity contribution in [1.82, 2.24) is 4.98 Å². The number of nitrogens with zero attached hydrogens (tertiary/aromatic N) is 2. The monoisotopic (exact) mass is 489 g/mol. The largest absolute Gasteiger partial charge is 0.481 e. The van der Waals surface area contributed by atoms with Crippen LogP contribution < -0.4 is 14.4 Å². The SMILES string of the molecule is O=C1COc2cc(S(=O)(=O)Nc3nccs3)ccc2N1c1ccc(C(F)(F)F)cc1Cl. The molecule has 2 aromatic carbocycles. The number of halogens is 4. The van der Waals surface area contributed by atoms with E-state index in [2.05, 4.69) is 9.71 Å². The summed E-state index contributed by atoms with van der Waals surface area (Å²) >= 11 is 7.13. The minimum absolute atomic E-state index is 0.0146.